The van der Waals surface area contributed by atoms with Crippen molar-refractivity contribution in [2.75, 3.05) is 7.11 Å². The standard InChI is InChI=1S/C23H23N3O2S/c1-27-21-12-6-5-10-19(21)15-26(16-20-11-7-13-29-20)17-23-25-24-22(28-23)14-18-8-3-2-4-9-18/h2-13H,14-17H2,1H3. The molecule has 0 atom stereocenters. The fraction of sp³-hybridized carbons (Fsp3) is 0.217. The Morgan fingerprint density at radius 1 is 0.862 bits per heavy atom. The summed E-state index contributed by atoms with van der Waals surface area (Å²) in [5.74, 6) is 2.15. The zero-order valence-electron chi connectivity index (χ0n) is 16.3. The summed E-state index contributed by atoms with van der Waals surface area (Å²) in [6, 6.07) is 22.5. The highest BCUT2D eigenvalue weighted by Gasteiger charge is 2.16. The molecular formula is C23H23N3O2S. The summed E-state index contributed by atoms with van der Waals surface area (Å²) < 4.78 is 11.5. The summed E-state index contributed by atoms with van der Waals surface area (Å²) in [5.41, 5.74) is 2.29. The van der Waals surface area contributed by atoms with Crippen LogP contribution in [0.15, 0.2) is 76.5 Å². The minimum Gasteiger partial charge on any atom is -0.496 e. The lowest BCUT2D eigenvalue weighted by Gasteiger charge is -2.21. The van der Waals surface area contributed by atoms with Crippen LogP contribution in [0.3, 0.4) is 0 Å². The molecule has 29 heavy (non-hydrogen) atoms. The Morgan fingerprint density at radius 2 is 1.66 bits per heavy atom. The molecule has 0 bridgehead atoms. The van der Waals surface area contributed by atoms with E-state index in [1.807, 2.05) is 36.4 Å². The van der Waals surface area contributed by atoms with E-state index in [2.05, 4.69) is 50.8 Å². The van der Waals surface area contributed by atoms with Crippen molar-refractivity contribution in [2.45, 2.75) is 26.1 Å². The van der Waals surface area contributed by atoms with E-state index in [0.29, 0.717) is 24.7 Å². The average molecular weight is 406 g/mol. The highest BCUT2D eigenvalue weighted by atomic mass is 32.1. The third-order valence-electron chi connectivity index (χ3n) is 4.61. The molecule has 0 aliphatic carbocycles. The molecule has 0 N–H and O–H groups in total. The van der Waals surface area contributed by atoms with Gasteiger partial charge in [-0.05, 0) is 23.1 Å². The van der Waals surface area contributed by atoms with Gasteiger partial charge in [0.25, 0.3) is 0 Å². The van der Waals surface area contributed by atoms with Crippen LogP contribution in [-0.4, -0.2) is 22.2 Å². The lowest BCUT2D eigenvalue weighted by Crippen LogP contribution is -2.22. The first-order chi connectivity index (χ1) is 14.3. The second kappa shape index (κ2) is 9.49. The van der Waals surface area contributed by atoms with Gasteiger partial charge in [0, 0.05) is 23.5 Å². The molecule has 6 heteroatoms. The van der Waals surface area contributed by atoms with Gasteiger partial charge in [-0.25, -0.2) is 0 Å². The van der Waals surface area contributed by atoms with Crippen molar-refractivity contribution in [3.05, 3.63) is 99.9 Å². The number of hydrogen-bond donors (Lipinski definition) is 0. The number of benzene rings is 2. The second-order valence-corrected chi connectivity index (χ2v) is 7.82. The Hall–Kier alpha value is -2.96. The Morgan fingerprint density at radius 3 is 2.45 bits per heavy atom. The molecule has 0 aliphatic rings. The molecule has 4 aromatic rings. The maximum Gasteiger partial charge on any atom is 0.230 e. The van der Waals surface area contributed by atoms with Crippen molar-refractivity contribution < 1.29 is 9.15 Å². The molecule has 5 nitrogen and oxygen atoms in total. The maximum atomic E-state index is 5.94. The number of methoxy groups -OCH3 is 1. The van der Waals surface area contributed by atoms with Crippen molar-refractivity contribution in [3.8, 4) is 5.75 Å². The smallest absolute Gasteiger partial charge is 0.230 e. The lowest BCUT2D eigenvalue weighted by molar-refractivity contribution is 0.219. The first-order valence-electron chi connectivity index (χ1n) is 9.52. The Balaban J connectivity index is 1.49. The van der Waals surface area contributed by atoms with E-state index in [1.54, 1.807) is 18.4 Å². The van der Waals surface area contributed by atoms with Gasteiger partial charge < -0.3 is 9.15 Å². The van der Waals surface area contributed by atoms with E-state index in [-0.39, 0.29) is 0 Å². The van der Waals surface area contributed by atoms with E-state index in [1.165, 1.54) is 4.88 Å². The SMILES string of the molecule is COc1ccccc1CN(Cc1nnc(Cc2ccccc2)o1)Cc1cccs1. The molecule has 0 aliphatic heterocycles. The van der Waals surface area contributed by atoms with Gasteiger partial charge >= 0.3 is 0 Å². The molecule has 2 aromatic carbocycles. The van der Waals surface area contributed by atoms with Crippen molar-refractivity contribution in [3.63, 3.8) is 0 Å². The van der Waals surface area contributed by atoms with Gasteiger partial charge in [0.2, 0.25) is 11.8 Å². The predicted molar refractivity (Wildman–Crippen MR) is 114 cm³/mol. The molecule has 2 heterocycles. The van der Waals surface area contributed by atoms with E-state index in [4.69, 9.17) is 9.15 Å². The minimum absolute atomic E-state index is 0.581. The fourth-order valence-corrected chi connectivity index (χ4v) is 4.00. The normalized spacial score (nSPS) is 11.1. The van der Waals surface area contributed by atoms with Crippen molar-refractivity contribution in [2.24, 2.45) is 0 Å². The number of ether oxygens (including phenoxy) is 1. The molecule has 0 unspecified atom stereocenters. The van der Waals surface area contributed by atoms with Crippen LogP contribution >= 0.6 is 11.3 Å². The maximum absolute atomic E-state index is 5.94. The van der Waals surface area contributed by atoms with Crippen LogP contribution in [0.4, 0.5) is 0 Å². The van der Waals surface area contributed by atoms with E-state index in [9.17, 15) is 0 Å². The molecule has 0 radical (unpaired) electrons. The number of para-hydroxylation sites is 1. The van der Waals surface area contributed by atoms with Gasteiger partial charge in [-0.1, -0.05) is 54.6 Å². The summed E-state index contributed by atoms with van der Waals surface area (Å²) in [5, 5.41) is 10.6. The topological polar surface area (TPSA) is 51.4 Å². The summed E-state index contributed by atoms with van der Waals surface area (Å²) in [6.07, 6.45) is 0.644. The minimum atomic E-state index is 0.581. The van der Waals surface area contributed by atoms with Crippen molar-refractivity contribution >= 4 is 11.3 Å². The zero-order valence-corrected chi connectivity index (χ0v) is 17.1. The Kier molecular flexibility index (Phi) is 6.34. The number of hydrogen-bond acceptors (Lipinski definition) is 6. The van der Waals surface area contributed by atoms with Crippen LogP contribution in [0.2, 0.25) is 0 Å². The monoisotopic (exact) mass is 405 g/mol. The molecule has 0 amide bonds. The first kappa shape index (κ1) is 19.4. The third-order valence-corrected chi connectivity index (χ3v) is 5.47. The molecule has 0 saturated carbocycles. The first-order valence-corrected chi connectivity index (χ1v) is 10.4. The molecule has 0 saturated heterocycles. The Labute approximate surface area is 174 Å². The molecule has 148 valence electrons. The van der Waals surface area contributed by atoms with Crippen LogP contribution in [0.5, 0.6) is 5.75 Å². The van der Waals surface area contributed by atoms with Crippen LogP contribution < -0.4 is 4.74 Å². The molecule has 4 rings (SSSR count). The summed E-state index contributed by atoms with van der Waals surface area (Å²) in [6.45, 7) is 2.13. The highest BCUT2D eigenvalue weighted by Crippen LogP contribution is 2.23. The zero-order chi connectivity index (χ0) is 19.9. The molecule has 0 spiro atoms. The second-order valence-electron chi connectivity index (χ2n) is 6.79. The van der Waals surface area contributed by atoms with Gasteiger partial charge in [0.05, 0.1) is 20.1 Å². The Bertz CT molecular complexity index is 1020. The lowest BCUT2D eigenvalue weighted by atomic mass is 10.1. The van der Waals surface area contributed by atoms with Crippen LogP contribution in [0.1, 0.15) is 27.8 Å². The summed E-state index contributed by atoms with van der Waals surface area (Å²) in [7, 11) is 1.70. The van der Waals surface area contributed by atoms with E-state index in [0.717, 1.165) is 30.0 Å². The number of aromatic nitrogens is 2. The molecule has 2 aromatic heterocycles. The van der Waals surface area contributed by atoms with Crippen LogP contribution in [0.25, 0.3) is 0 Å². The van der Waals surface area contributed by atoms with Crippen molar-refractivity contribution in [1.29, 1.82) is 0 Å². The molecule has 0 fully saturated rings. The van der Waals surface area contributed by atoms with E-state index >= 15 is 0 Å². The summed E-state index contributed by atoms with van der Waals surface area (Å²) in [4.78, 5) is 3.59. The largest absolute Gasteiger partial charge is 0.496 e. The quantitative estimate of drug-likeness (QED) is 0.395. The number of rotatable bonds is 9. The van der Waals surface area contributed by atoms with Gasteiger partial charge in [-0.15, -0.1) is 21.5 Å². The highest BCUT2D eigenvalue weighted by molar-refractivity contribution is 7.09. The average Bonchev–Trinajstić information content (AvgIpc) is 3.41. The fourth-order valence-electron chi connectivity index (χ4n) is 3.25. The number of nitrogens with zero attached hydrogens (tertiary/aromatic N) is 3. The van der Waals surface area contributed by atoms with Crippen molar-refractivity contribution in [1.82, 2.24) is 15.1 Å². The van der Waals surface area contributed by atoms with Gasteiger partial charge in [0.15, 0.2) is 0 Å². The van der Waals surface area contributed by atoms with Crippen LogP contribution in [-0.2, 0) is 26.1 Å². The van der Waals surface area contributed by atoms with Gasteiger partial charge in [-0.3, -0.25) is 4.90 Å². The third kappa shape index (κ3) is 5.31. The van der Waals surface area contributed by atoms with Gasteiger partial charge in [0.1, 0.15) is 5.75 Å². The van der Waals surface area contributed by atoms with Crippen LogP contribution in [0, 0.1) is 0 Å². The number of thiophene rings is 1. The molecular weight excluding hydrogens is 382 g/mol. The summed E-state index contributed by atoms with van der Waals surface area (Å²) >= 11 is 1.75. The van der Waals surface area contributed by atoms with E-state index < -0.39 is 0 Å². The predicted octanol–water partition coefficient (Wildman–Crippen LogP) is 4.93. The van der Waals surface area contributed by atoms with Gasteiger partial charge in [-0.2, -0.15) is 0 Å².